The van der Waals surface area contributed by atoms with Gasteiger partial charge in [-0.15, -0.1) is 0 Å². The number of anilines is 7. The summed E-state index contributed by atoms with van der Waals surface area (Å²) in [5, 5.41) is 10.5. The average molecular weight is 1340 g/mol. The van der Waals surface area contributed by atoms with E-state index in [0.29, 0.717) is 94.8 Å². The molecule has 4 unspecified atom stereocenters. The monoisotopic (exact) mass is 1340 g/mol. The summed E-state index contributed by atoms with van der Waals surface area (Å²) < 4.78 is 34.1. The Morgan fingerprint density at radius 3 is 1.55 bits per heavy atom. The van der Waals surface area contributed by atoms with Crippen molar-refractivity contribution >= 4 is 63.4 Å². The molecular weight excluding hydrogens is 1250 g/mol. The van der Waals surface area contributed by atoms with Gasteiger partial charge in [0.05, 0.1) is 34.3 Å². The SMILES string of the molecule is Cc1cc(C)c(NC(=O)C(c2ccc(F)cc2)N(C(=O)C(C2CCCC2)(C(C(=O)Nc2c(C)cc(C)cc2-c2cccc(N)c2)c2ccc(F)cc2)C(C(=O)Nc2c(C)cc(-n3cccc3)cc2C)C2CCCC2)c2c(C)cc(N3CCCCCC3)cc2C)c(-c2ccc(N(C)C)cc2)c1. The molecule has 518 valence electrons. The maximum atomic E-state index is 19.4. The van der Waals surface area contributed by atoms with Crippen molar-refractivity contribution in [1.82, 2.24) is 4.57 Å². The lowest BCUT2D eigenvalue weighted by Gasteiger charge is -2.52. The third kappa shape index (κ3) is 14.3. The maximum Gasteiger partial charge on any atom is 0.252 e. The topological polar surface area (TPSA) is 145 Å². The van der Waals surface area contributed by atoms with Gasteiger partial charge in [-0.1, -0.05) is 110 Å². The van der Waals surface area contributed by atoms with E-state index in [1.807, 2.05) is 188 Å². The van der Waals surface area contributed by atoms with Crippen molar-refractivity contribution in [2.45, 2.75) is 144 Å². The van der Waals surface area contributed by atoms with E-state index < -0.39 is 70.4 Å². The third-order valence-corrected chi connectivity index (χ3v) is 21.6. The molecule has 5 N–H and O–H groups in total. The lowest BCUT2D eigenvalue weighted by atomic mass is 9.52. The van der Waals surface area contributed by atoms with Crippen LogP contribution in [0, 0.1) is 90.2 Å². The van der Waals surface area contributed by atoms with Gasteiger partial charge in [0, 0.05) is 79.1 Å². The van der Waals surface area contributed by atoms with Crippen LogP contribution >= 0.6 is 0 Å². The number of nitrogens with two attached hydrogens (primary N) is 1. The molecule has 4 atom stereocenters. The number of aryl methyl sites for hydroxylation is 8. The highest BCUT2D eigenvalue weighted by atomic mass is 19.1. The van der Waals surface area contributed by atoms with Crippen molar-refractivity contribution in [3.8, 4) is 27.9 Å². The Morgan fingerprint density at radius 2 is 1.00 bits per heavy atom. The second-order valence-electron chi connectivity index (χ2n) is 29.0. The molecule has 100 heavy (non-hydrogen) atoms. The summed E-state index contributed by atoms with van der Waals surface area (Å²) in [6.07, 6.45) is 13.0. The zero-order valence-corrected chi connectivity index (χ0v) is 59.7. The molecule has 2 aliphatic carbocycles. The number of nitrogen functional groups attached to an aromatic ring is 1. The van der Waals surface area contributed by atoms with Gasteiger partial charge in [-0.25, -0.2) is 8.78 Å². The summed E-state index contributed by atoms with van der Waals surface area (Å²) >= 11 is 0. The molecule has 1 saturated heterocycles. The molecule has 0 radical (unpaired) electrons. The van der Waals surface area contributed by atoms with E-state index in [4.69, 9.17) is 5.73 Å². The Balaban J connectivity index is 1.18. The lowest BCUT2D eigenvalue weighted by molar-refractivity contribution is -0.152. The van der Waals surface area contributed by atoms with Crippen molar-refractivity contribution in [2.75, 3.05) is 63.6 Å². The van der Waals surface area contributed by atoms with E-state index in [0.717, 1.165) is 119 Å². The summed E-state index contributed by atoms with van der Waals surface area (Å²) in [4.78, 5) is 77.6. The van der Waals surface area contributed by atoms with Crippen molar-refractivity contribution in [1.29, 1.82) is 0 Å². The van der Waals surface area contributed by atoms with Gasteiger partial charge in [0.15, 0.2) is 0 Å². The quantitative estimate of drug-likeness (QED) is 0.0556. The number of carbonyl (C=O) groups is 4. The van der Waals surface area contributed by atoms with Crippen LogP contribution in [0.25, 0.3) is 27.9 Å². The molecule has 0 bridgehead atoms. The molecule has 9 aromatic rings. The third-order valence-electron chi connectivity index (χ3n) is 21.6. The number of rotatable bonds is 20. The second kappa shape index (κ2) is 29.9. The Bertz CT molecular complexity index is 4420. The molecule has 8 aromatic carbocycles. The fourth-order valence-electron chi connectivity index (χ4n) is 17.1. The van der Waals surface area contributed by atoms with Crippen LogP contribution in [0.3, 0.4) is 0 Å². The highest BCUT2D eigenvalue weighted by Crippen LogP contribution is 2.61. The average Bonchev–Trinajstić information content (AvgIpc) is 1.15. The van der Waals surface area contributed by atoms with E-state index in [1.165, 1.54) is 24.3 Å². The summed E-state index contributed by atoms with van der Waals surface area (Å²) in [5.74, 6) is -7.39. The van der Waals surface area contributed by atoms with Gasteiger partial charge in [0.25, 0.3) is 5.91 Å². The molecular formula is C86H96F2N8O4. The van der Waals surface area contributed by atoms with Gasteiger partial charge in [-0.2, -0.15) is 0 Å². The first kappa shape index (κ1) is 70.1. The van der Waals surface area contributed by atoms with E-state index in [-0.39, 0.29) is 0 Å². The van der Waals surface area contributed by atoms with Gasteiger partial charge >= 0.3 is 0 Å². The molecule has 12 rings (SSSR count). The zero-order valence-electron chi connectivity index (χ0n) is 59.7. The number of hydrogen-bond donors (Lipinski definition) is 4. The van der Waals surface area contributed by atoms with Crippen LogP contribution in [0.4, 0.5) is 48.6 Å². The Hall–Kier alpha value is -9.82. The van der Waals surface area contributed by atoms with Crippen LogP contribution in [-0.4, -0.2) is 55.4 Å². The van der Waals surface area contributed by atoms with Crippen molar-refractivity contribution in [3.05, 3.63) is 237 Å². The van der Waals surface area contributed by atoms with Crippen LogP contribution in [0.2, 0.25) is 0 Å². The molecule has 1 aromatic heterocycles. The summed E-state index contributed by atoms with van der Waals surface area (Å²) in [7, 11) is 3.97. The van der Waals surface area contributed by atoms with Crippen LogP contribution in [0.1, 0.15) is 145 Å². The smallest absolute Gasteiger partial charge is 0.252 e. The maximum absolute atomic E-state index is 19.4. The van der Waals surface area contributed by atoms with Crippen LogP contribution in [0.15, 0.2) is 170 Å². The molecule has 0 spiro atoms. The molecule has 1 aliphatic heterocycles. The molecule has 3 fully saturated rings. The standard InChI is InChI=1S/C86H96F2N8O4/c1-53-44-55(3)78(73(46-53)61-32-38-70(39-33-61)93(9)10)92-84(99)81(64-30-36-68(88)37-31-64)96(80-59(7)50-72(51-60(80)8)94-40-17-11-12-18-41-94)85(100)86(66-25-15-16-26-66,75(62-22-13-14-23-62)82(97)90-77-57(5)48-71(49-58(77)6)95-42-19-20-43-95)76(63-28-34-67(87)35-29-63)83(98)91-79-56(4)45-54(2)47-74(79)65-24-21-27-69(89)52-65/h19-21,24,27-39,42-52,62,66,75-76,81H,11-18,22-23,25-26,40-41,89H2,1-10H3,(H,90,97)(H,91,98)(H,92,99). The summed E-state index contributed by atoms with van der Waals surface area (Å²) in [6, 6.07) is 46.0. The molecule has 3 aliphatic rings. The number of nitrogens with one attached hydrogen (secondary N) is 3. The highest BCUT2D eigenvalue weighted by Gasteiger charge is 2.65. The highest BCUT2D eigenvalue weighted by molar-refractivity contribution is 6.15. The van der Waals surface area contributed by atoms with Gasteiger partial charge in [-0.3, -0.25) is 24.1 Å². The number of halogens is 2. The molecule has 4 amide bonds. The first-order valence-corrected chi connectivity index (χ1v) is 35.8. The number of hydrogen-bond acceptors (Lipinski definition) is 7. The number of benzene rings is 8. The molecule has 12 nitrogen and oxygen atoms in total. The van der Waals surface area contributed by atoms with E-state index in [2.05, 4.69) is 33.0 Å². The van der Waals surface area contributed by atoms with Crippen LogP contribution in [0.5, 0.6) is 0 Å². The first-order chi connectivity index (χ1) is 48.1. The number of amides is 4. The Morgan fingerprint density at radius 1 is 0.500 bits per heavy atom. The van der Waals surface area contributed by atoms with Crippen molar-refractivity contribution in [2.24, 2.45) is 23.2 Å². The van der Waals surface area contributed by atoms with Crippen LogP contribution in [-0.2, 0) is 19.2 Å². The van der Waals surface area contributed by atoms with Crippen molar-refractivity contribution < 1.29 is 28.0 Å². The predicted octanol–water partition coefficient (Wildman–Crippen LogP) is 19.3. The fraction of sp³-hybridized carbons (Fsp3) is 0.349. The summed E-state index contributed by atoms with van der Waals surface area (Å²) in [5.41, 5.74) is 19.9. The minimum atomic E-state index is -2.11. The first-order valence-electron chi connectivity index (χ1n) is 35.8. The Labute approximate surface area is 589 Å². The largest absolute Gasteiger partial charge is 0.399 e. The van der Waals surface area contributed by atoms with Crippen LogP contribution < -0.4 is 36.4 Å². The fourth-order valence-corrected chi connectivity index (χ4v) is 17.1. The molecule has 2 saturated carbocycles. The van der Waals surface area contributed by atoms with Gasteiger partial charge in [0.2, 0.25) is 17.7 Å². The van der Waals surface area contributed by atoms with Crippen molar-refractivity contribution in [3.63, 3.8) is 0 Å². The molecule has 14 heteroatoms. The molecule has 2 heterocycles. The van der Waals surface area contributed by atoms with Gasteiger partial charge < -0.3 is 36.1 Å². The normalized spacial score (nSPS) is 15.9. The lowest BCUT2D eigenvalue weighted by Crippen LogP contribution is -2.62. The van der Waals surface area contributed by atoms with E-state index in [9.17, 15) is 0 Å². The van der Waals surface area contributed by atoms with Gasteiger partial charge in [-0.05, 0) is 258 Å². The minimum absolute atomic E-state index is 0.297. The predicted molar refractivity (Wildman–Crippen MR) is 405 cm³/mol. The van der Waals surface area contributed by atoms with E-state index >= 15 is 28.0 Å². The summed E-state index contributed by atoms with van der Waals surface area (Å²) in [6.45, 7) is 17.5. The number of carbonyl (C=O) groups excluding carboxylic acids is 4. The number of nitrogens with zero attached hydrogens (tertiary/aromatic N) is 4. The van der Waals surface area contributed by atoms with Gasteiger partial charge in [0.1, 0.15) is 17.7 Å². The minimum Gasteiger partial charge on any atom is -0.399 e. The number of aromatic nitrogens is 1. The second-order valence-corrected chi connectivity index (χ2v) is 29.0. The zero-order chi connectivity index (χ0) is 70.7. The Kier molecular flexibility index (Phi) is 21.0. The van der Waals surface area contributed by atoms with E-state index in [1.54, 1.807) is 29.2 Å².